The molecule has 1 aromatic heterocycles. The van der Waals surface area contributed by atoms with E-state index in [1.807, 2.05) is 0 Å². The molecule has 0 radical (unpaired) electrons. The van der Waals surface area contributed by atoms with Crippen LogP contribution in [0.4, 0.5) is 0 Å². The van der Waals surface area contributed by atoms with Crippen LogP contribution in [0.15, 0.2) is 12.1 Å². The van der Waals surface area contributed by atoms with Gasteiger partial charge in [0.15, 0.2) is 0 Å². The fourth-order valence-corrected chi connectivity index (χ4v) is 20.3. The van der Waals surface area contributed by atoms with Crippen molar-refractivity contribution < 1.29 is 64.3 Å². The molecule has 0 aliphatic carbocycles. The molecule has 10 N–H and O–H groups in total. The minimum atomic E-state index is -3.01. The minimum absolute atomic E-state index is 0.249. The van der Waals surface area contributed by atoms with E-state index in [-0.39, 0.29) is 5.56 Å². The van der Waals surface area contributed by atoms with Crippen molar-refractivity contribution in [1.29, 1.82) is 0 Å². The van der Waals surface area contributed by atoms with Gasteiger partial charge in [-0.25, -0.2) is 0 Å². The van der Waals surface area contributed by atoms with Crippen LogP contribution in [0.25, 0.3) is 0 Å². The van der Waals surface area contributed by atoms with Crippen molar-refractivity contribution in [1.82, 2.24) is 15.3 Å². The Balaban J connectivity index is 1.21. The van der Waals surface area contributed by atoms with Crippen molar-refractivity contribution in [2.75, 3.05) is 25.6 Å². The molecule has 0 aromatic carbocycles. The van der Waals surface area contributed by atoms with Crippen molar-refractivity contribution in [3.63, 3.8) is 0 Å². The summed E-state index contributed by atoms with van der Waals surface area (Å²) in [4.78, 5) is 26.9. The van der Waals surface area contributed by atoms with E-state index < -0.39 is 97.7 Å². The number of hydrogen-bond acceptors (Lipinski definition) is 15. The molecule has 3 fully saturated rings. The van der Waals surface area contributed by atoms with Crippen molar-refractivity contribution >= 4 is 39.9 Å². The molecule has 11 unspecified atom stereocenters. The van der Waals surface area contributed by atoms with Crippen molar-refractivity contribution in [2.24, 2.45) is 0 Å². The number of pyridine rings is 1. The van der Waals surface area contributed by atoms with Gasteiger partial charge in [0.1, 0.15) is 0 Å². The molecule has 6 heterocycles. The zero-order chi connectivity index (χ0) is 31.0. The molecular formula is C24H36N4O12PS2+. The average Bonchev–Trinajstić information content (AvgIpc) is 3.55. The predicted molar refractivity (Wildman–Crippen MR) is 151 cm³/mol. The number of aromatic nitrogens is 1. The van der Waals surface area contributed by atoms with Gasteiger partial charge in [0.25, 0.3) is 0 Å². The topological polar surface area (TPSA) is 246 Å². The van der Waals surface area contributed by atoms with Crippen molar-refractivity contribution in [3.8, 4) is 0 Å². The quantitative estimate of drug-likeness (QED) is 0.128. The molecule has 1 aromatic rings. The van der Waals surface area contributed by atoms with Crippen LogP contribution >= 0.6 is 28.1 Å². The first-order valence-corrected chi connectivity index (χ1v) is 19.5. The van der Waals surface area contributed by atoms with E-state index >= 15 is 0 Å². The fraction of sp³-hybridized carbons (Fsp3) is 0.708. The third-order valence-corrected chi connectivity index (χ3v) is 22.5. The number of carbonyl (C=O) groups excluding carboxylic acids is 2. The number of ether oxygens (including phenoxy) is 2. The summed E-state index contributed by atoms with van der Waals surface area (Å²) in [6, 6.07) is 0.0648. The zero-order valence-corrected chi connectivity index (χ0v) is 25.4. The van der Waals surface area contributed by atoms with Crippen LogP contribution < -0.4 is 15.0 Å². The maximum atomic E-state index is 13.6. The summed E-state index contributed by atoms with van der Waals surface area (Å²) in [5.74, 6) is -0.112. The van der Waals surface area contributed by atoms with E-state index in [0.29, 0.717) is 18.1 Å². The molecule has 240 valence electrons. The van der Waals surface area contributed by atoms with Gasteiger partial charge in [-0.3, -0.25) is 0 Å². The number of rotatable bonds is 6. The van der Waals surface area contributed by atoms with Gasteiger partial charge in [-0.2, -0.15) is 0 Å². The van der Waals surface area contributed by atoms with Gasteiger partial charge in [0.05, 0.1) is 0 Å². The fourth-order valence-electron chi connectivity index (χ4n) is 6.56. The number of amides is 2. The molecule has 11 atom stereocenters. The van der Waals surface area contributed by atoms with Gasteiger partial charge in [0.2, 0.25) is 0 Å². The Morgan fingerprint density at radius 3 is 2.05 bits per heavy atom. The summed E-state index contributed by atoms with van der Waals surface area (Å²) in [6.07, 6.45) is -11.9. The van der Waals surface area contributed by atoms with Crippen molar-refractivity contribution in [2.45, 2.75) is 79.6 Å². The number of nitrogens with zero attached hydrogens (tertiary/aromatic N) is 2. The summed E-state index contributed by atoms with van der Waals surface area (Å²) in [7, 11) is 0. The molecular weight excluding hydrogens is 631 g/mol. The maximum absolute atomic E-state index is 13.6. The monoisotopic (exact) mass is 667 g/mol. The molecule has 16 nitrogen and oxygen atoms in total. The third-order valence-electron chi connectivity index (χ3n) is 8.92. The number of aliphatic hydroxyl groups is 8. The third kappa shape index (κ3) is 4.82. The van der Waals surface area contributed by atoms with E-state index in [0.717, 1.165) is 11.4 Å². The molecule has 3 saturated heterocycles. The predicted octanol–water partition coefficient (Wildman–Crippen LogP) is -4.71. The van der Waals surface area contributed by atoms with Crippen LogP contribution in [-0.2, 0) is 26.6 Å². The van der Waals surface area contributed by atoms with Gasteiger partial charge < -0.3 is 0 Å². The van der Waals surface area contributed by atoms with Crippen LogP contribution in [0.5, 0.6) is 0 Å². The summed E-state index contributed by atoms with van der Waals surface area (Å²) < 4.78 is 14.6. The molecule has 2 amide bonds. The Hall–Kier alpha value is -1.22. The second-order valence-electron chi connectivity index (χ2n) is 11.5. The Labute approximate surface area is 253 Å². The Bertz CT molecular complexity index is 1320. The average molecular weight is 668 g/mol. The summed E-state index contributed by atoms with van der Waals surface area (Å²) in [6.45, 7) is 1.19. The van der Waals surface area contributed by atoms with Crippen molar-refractivity contribution in [3.05, 3.63) is 29.1 Å². The van der Waals surface area contributed by atoms with Crippen LogP contribution in [-0.4, -0.2) is 150 Å². The van der Waals surface area contributed by atoms with E-state index in [1.165, 1.54) is 0 Å². The van der Waals surface area contributed by atoms with E-state index in [4.69, 9.17) is 9.47 Å². The number of hydrogen-bond donors (Lipinski definition) is 10. The molecule has 5 aliphatic rings. The molecule has 5 aliphatic heterocycles. The summed E-state index contributed by atoms with van der Waals surface area (Å²) >= 11 is 3.36. The number of carbonyl (C=O) groups is 2. The molecule has 1 spiro atoms. The number of aliphatic hydroxyl groups excluding tert-OH is 8. The van der Waals surface area contributed by atoms with Gasteiger partial charge >= 0.3 is 254 Å². The van der Waals surface area contributed by atoms with Gasteiger partial charge in [-0.1, -0.05) is 0 Å². The first-order valence-electron chi connectivity index (χ1n) is 13.7. The van der Waals surface area contributed by atoms with Crippen LogP contribution in [0.3, 0.4) is 0 Å². The SMILES string of the molecule is CP123SCc4cc(C(=O)NC5C(O)OC(CO)C(O)C5O)cc([n+]41)CN2C(C(=O)NC1C(O)OC(CO)C(O)C1O)CS3. The molecule has 19 heteroatoms. The standard InChI is InChI=1S/C24H35N4O12PS2/c1-41-27(12(8-43-41)22(36)26-16-20(34)18(32)14(6-30)40-24(16)38)4-10-2-9(3-11(7-42-41)28(10)41)21(35)25-15-19(33)17(31)13(5-29)39-23(15)37/h2-3,12-20,23-24,29-34,37-38H,4-8H2,1H3,(H-,25,26,35,36)/p+1. The van der Waals surface area contributed by atoms with Gasteiger partial charge in [0, 0.05) is 0 Å². The molecule has 0 bridgehead atoms. The molecule has 6 rings (SSSR count). The Morgan fingerprint density at radius 2 is 1.47 bits per heavy atom. The molecule has 43 heavy (non-hydrogen) atoms. The summed E-state index contributed by atoms with van der Waals surface area (Å²) in [5.41, 5.74) is 1.88. The van der Waals surface area contributed by atoms with Gasteiger partial charge in [-0.15, -0.1) is 0 Å². The number of nitrogens with one attached hydrogen (secondary N) is 2. The Kier molecular flexibility index (Phi) is 8.30. The van der Waals surface area contributed by atoms with E-state index in [2.05, 4.69) is 26.3 Å². The van der Waals surface area contributed by atoms with Gasteiger partial charge in [-0.05, 0) is 0 Å². The van der Waals surface area contributed by atoms with E-state index in [1.54, 1.807) is 34.9 Å². The van der Waals surface area contributed by atoms with Crippen LogP contribution in [0, 0.1) is 0 Å². The normalized spacial score (nSPS) is 42.0. The second-order valence-corrected chi connectivity index (χ2v) is 23.5. The molecule has 0 saturated carbocycles. The first-order chi connectivity index (χ1) is 20.3. The van der Waals surface area contributed by atoms with E-state index in [9.17, 15) is 50.4 Å². The second kappa shape index (κ2) is 11.2. The zero-order valence-electron chi connectivity index (χ0n) is 22.9. The first kappa shape index (κ1) is 31.7. The Morgan fingerprint density at radius 1 is 0.907 bits per heavy atom. The van der Waals surface area contributed by atoms with Crippen LogP contribution in [0.1, 0.15) is 21.7 Å². The van der Waals surface area contributed by atoms with Crippen LogP contribution in [0.2, 0.25) is 0 Å². The summed E-state index contributed by atoms with van der Waals surface area (Å²) in [5, 5.41) is 82.8.